The van der Waals surface area contributed by atoms with Crippen LogP contribution in [0.15, 0.2) is 36.4 Å². The van der Waals surface area contributed by atoms with Crippen molar-refractivity contribution in [3.63, 3.8) is 0 Å². The highest BCUT2D eigenvalue weighted by atomic mass is 35.5. The molecule has 228 valence electrons. The fourth-order valence-electron chi connectivity index (χ4n) is 3.29. The Morgan fingerprint density at radius 3 is 1.39 bits per heavy atom. The summed E-state index contributed by atoms with van der Waals surface area (Å²) in [6, 6.07) is 8.90. The quantitative estimate of drug-likeness (QED) is 0.129. The van der Waals surface area contributed by atoms with E-state index >= 15 is 0 Å². The van der Waals surface area contributed by atoms with Crippen molar-refractivity contribution in [1.82, 2.24) is 0 Å². The molecule has 0 aliphatic carbocycles. The van der Waals surface area contributed by atoms with Gasteiger partial charge >= 0.3 is 5.09 Å². The molecule has 2 aromatic carbocycles. The van der Waals surface area contributed by atoms with E-state index in [0.29, 0.717) is 18.0 Å². The molecule has 0 unspecified atom stereocenters. The second-order valence-electron chi connectivity index (χ2n) is 9.02. The third-order valence-corrected chi connectivity index (χ3v) is 9.44. The third kappa shape index (κ3) is 17.0. The molecule has 0 saturated carbocycles. The van der Waals surface area contributed by atoms with Gasteiger partial charge in [-0.3, -0.25) is 9.59 Å². The zero-order chi connectivity index (χ0) is 30.6. The van der Waals surface area contributed by atoms with Gasteiger partial charge in [-0.2, -0.15) is 9.68 Å². The number of carbonyl (C=O) groups is 2. The lowest BCUT2D eigenvalue weighted by molar-refractivity contribution is -0.977. The molecule has 41 heavy (non-hydrogen) atoms. The number of halogens is 4. The van der Waals surface area contributed by atoms with Crippen LogP contribution in [0.2, 0.25) is 20.1 Å². The molecule has 0 spiro atoms. The van der Waals surface area contributed by atoms with Gasteiger partial charge in [0.25, 0.3) is 11.8 Å². The highest BCUT2D eigenvalue weighted by molar-refractivity contribution is 7.57. The van der Waals surface area contributed by atoms with Crippen LogP contribution in [0, 0.1) is 4.91 Å². The summed E-state index contributed by atoms with van der Waals surface area (Å²) in [6.45, 7) is 5.59. The van der Waals surface area contributed by atoms with Gasteiger partial charge in [0.05, 0.1) is 21.4 Å². The maximum Gasteiger partial charge on any atom is 0.478 e. The largest absolute Gasteiger partial charge is 0.478 e. The molecule has 2 aromatic rings. The van der Waals surface area contributed by atoms with Gasteiger partial charge in [0.2, 0.25) is 13.2 Å². The van der Waals surface area contributed by atoms with E-state index in [0.717, 1.165) is 0 Å². The molecular formula is C28H39Cl4N3O5P+. The lowest BCUT2D eigenvalue weighted by atomic mass is 10.3. The summed E-state index contributed by atoms with van der Waals surface area (Å²) in [5.74, 6) is -1.35. The van der Waals surface area contributed by atoms with Gasteiger partial charge in [0, 0.05) is 10.0 Å². The maximum atomic E-state index is 11.7. The Labute approximate surface area is 264 Å². The first-order valence-corrected chi connectivity index (χ1v) is 17.0. The normalized spacial score (nSPS) is 10.4. The van der Waals surface area contributed by atoms with Gasteiger partial charge in [-0.1, -0.05) is 86.4 Å². The SMILES string of the molecule is CCCCP(CCCC)CCCC.O=C(CO[N+](=O)OCC(=O)Nc1ccc(Cl)cc1Cl)Nc1ccc(Cl)cc1Cl. The maximum absolute atomic E-state index is 11.7. The van der Waals surface area contributed by atoms with Crippen molar-refractivity contribution >= 4 is 77.5 Å². The number of nitrogens with zero attached hydrogens (tertiary/aromatic N) is 1. The summed E-state index contributed by atoms with van der Waals surface area (Å²) < 4.78 is 0. The first kappa shape index (κ1) is 37.2. The minimum atomic E-state index is -0.675. The molecule has 0 radical (unpaired) electrons. The van der Waals surface area contributed by atoms with Gasteiger partial charge in [-0.25, -0.2) is 0 Å². The number of amides is 2. The van der Waals surface area contributed by atoms with Gasteiger partial charge < -0.3 is 10.6 Å². The average molecular weight is 670 g/mol. The number of benzene rings is 2. The summed E-state index contributed by atoms with van der Waals surface area (Å²) >= 11 is 23.3. The molecule has 0 aromatic heterocycles. The second-order valence-corrected chi connectivity index (χ2v) is 13.4. The lowest BCUT2D eigenvalue weighted by Gasteiger charge is -2.16. The molecule has 0 heterocycles. The van der Waals surface area contributed by atoms with E-state index in [4.69, 9.17) is 46.4 Å². The van der Waals surface area contributed by atoms with E-state index in [1.165, 1.54) is 74.9 Å². The predicted molar refractivity (Wildman–Crippen MR) is 172 cm³/mol. The highest BCUT2D eigenvalue weighted by Gasteiger charge is 2.19. The van der Waals surface area contributed by atoms with Crippen LogP contribution >= 0.6 is 54.3 Å². The Morgan fingerprint density at radius 2 is 1.07 bits per heavy atom. The fourth-order valence-corrected chi connectivity index (χ4v) is 7.17. The van der Waals surface area contributed by atoms with Crippen molar-refractivity contribution in [2.45, 2.75) is 59.3 Å². The van der Waals surface area contributed by atoms with Gasteiger partial charge in [-0.15, -0.1) is 7.92 Å². The van der Waals surface area contributed by atoms with E-state index in [1.807, 2.05) is 0 Å². The molecule has 2 N–H and O–H groups in total. The van der Waals surface area contributed by atoms with E-state index < -0.39 is 25.0 Å². The number of unbranched alkanes of at least 4 members (excludes halogenated alkanes) is 3. The topological polar surface area (TPSA) is 96.7 Å². The number of hydrogen-bond acceptors (Lipinski definition) is 5. The van der Waals surface area contributed by atoms with Crippen LogP contribution < -0.4 is 10.6 Å². The van der Waals surface area contributed by atoms with Crippen molar-refractivity contribution in [2.75, 3.05) is 42.3 Å². The van der Waals surface area contributed by atoms with Crippen molar-refractivity contribution in [1.29, 1.82) is 0 Å². The van der Waals surface area contributed by atoms with Crippen LogP contribution in [0.1, 0.15) is 59.3 Å². The number of carbonyl (C=O) groups excluding carboxylic acids is 2. The van der Waals surface area contributed by atoms with Gasteiger partial charge in [0.1, 0.15) is 4.91 Å². The standard InChI is InChI=1S/C16H11Cl4N3O5.C12H27P/c17-9-1-3-13(11(19)5-9)21-15(24)7-27-23(26)28-8-16(25)22-14-4-2-10(18)6-12(14)20;1-4-7-10-13(11-8-5-2)12-9-6-3/h1-6H,7-8H2,(H-,21,22,24,25);4-12H2,1-3H3/p+1. The highest BCUT2D eigenvalue weighted by Crippen LogP contribution is 2.38. The third-order valence-electron chi connectivity index (χ3n) is 5.50. The molecule has 0 atom stereocenters. The van der Waals surface area contributed by atoms with Crippen molar-refractivity contribution in [2.24, 2.45) is 0 Å². The van der Waals surface area contributed by atoms with Crippen LogP contribution in [0.3, 0.4) is 0 Å². The predicted octanol–water partition coefficient (Wildman–Crippen LogP) is 9.39. The van der Waals surface area contributed by atoms with Crippen molar-refractivity contribution < 1.29 is 24.4 Å². The zero-order valence-corrected chi connectivity index (χ0v) is 27.6. The van der Waals surface area contributed by atoms with E-state index in [-0.39, 0.29) is 26.5 Å². The van der Waals surface area contributed by atoms with Crippen LogP contribution in [-0.2, 0) is 19.3 Å². The molecule has 0 fully saturated rings. The minimum absolute atomic E-state index is 0.216. The minimum Gasteiger partial charge on any atom is -0.322 e. The summed E-state index contributed by atoms with van der Waals surface area (Å²) in [5, 5.41) is 5.72. The van der Waals surface area contributed by atoms with Gasteiger partial charge in [0.15, 0.2) is 0 Å². The first-order chi connectivity index (χ1) is 19.6. The summed E-state index contributed by atoms with van der Waals surface area (Å²) in [4.78, 5) is 44.0. The Morgan fingerprint density at radius 1 is 0.707 bits per heavy atom. The molecule has 0 saturated heterocycles. The fraction of sp³-hybridized carbons (Fsp3) is 0.500. The molecular weight excluding hydrogens is 631 g/mol. The number of hydrogen-bond donors (Lipinski definition) is 2. The molecule has 2 amide bonds. The lowest BCUT2D eigenvalue weighted by Crippen LogP contribution is -2.26. The van der Waals surface area contributed by atoms with E-state index in [9.17, 15) is 14.5 Å². The zero-order valence-electron chi connectivity index (χ0n) is 23.7. The molecule has 8 nitrogen and oxygen atoms in total. The van der Waals surface area contributed by atoms with E-state index in [2.05, 4.69) is 41.1 Å². The summed E-state index contributed by atoms with van der Waals surface area (Å²) in [6.07, 6.45) is 13.2. The van der Waals surface area contributed by atoms with Crippen molar-refractivity contribution in [3.8, 4) is 0 Å². The first-order valence-electron chi connectivity index (χ1n) is 13.5. The number of nitrogens with one attached hydrogen (secondary N) is 2. The van der Waals surface area contributed by atoms with Crippen LogP contribution in [0.4, 0.5) is 11.4 Å². The molecule has 2 rings (SSSR count). The molecule has 0 bridgehead atoms. The van der Waals surface area contributed by atoms with Crippen LogP contribution in [0.5, 0.6) is 0 Å². The number of anilines is 2. The Hall–Kier alpha value is -1.83. The Balaban J connectivity index is 0.000000545. The number of rotatable bonds is 17. The second kappa shape index (κ2) is 21.8. The van der Waals surface area contributed by atoms with Crippen molar-refractivity contribution in [3.05, 3.63) is 61.4 Å². The molecule has 0 aliphatic heterocycles. The molecule has 13 heteroatoms. The monoisotopic (exact) mass is 668 g/mol. The Kier molecular flexibility index (Phi) is 19.8. The smallest absolute Gasteiger partial charge is 0.322 e. The molecule has 0 aliphatic rings. The Bertz CT molecular complexity index is 1020. The summed E-state index contributed by atoms with van der Waals surface area (Å²) in [7, 11) is 0.422. The van der Waals surface area contributed by atoms with Crippen LogP contribution in [-0.4, -0.2) is 48.6 Å². The van der Waals surface area contributed by atoms with E-state index in [1.54, 1.807) is 18.5 Å². The summed E-state index contributed by atoms with van der Waals surface area (Å²) in [5.41, 5.74) is 0.578. The van der Waals surface area contributed by atoms with Gasteiger partial charge in [-0.05, 0) is 74.1 Å². The van der Waals surface area contributed by atoms with Crippen LogP contribution in [0.25, 0.3) is 0 Å². The average Bonchev–Trinajstić information content (AvgIpc) is 2.94.